The van der Waals surface area contributed by atoms with Crippen molar-refractivity contribution in [3.63, 3.8) is 0 Å². The monoisotopic (exact) mass is 293 g/mol. The number of nitrogens with one attached hydrogen (secondary N) is 1. The predicted molar refractivity (Wildman–Crippen MR) is 72.3 cm³/mol. The summed E-state index contributed by atoms with van der Waals surface area (Å²) in [5.41, 5.74) is -3.32. The summed E-state index contributed by atoms with van der Waals surface area (Å²) < 4.78 is 36.4. The molecule has 100 valence electrons. The van der Waals surface area contributed by atoms with E-state index in [1.54, 1.807) is 12.1 Å². The average molecular weight is 293 g/mol. The number of alkyl halides is 3. The lowest BCUT2D eigenvalue weighted by Crippen LogP contribution is -2.13. The van der Waals surface area contributed by atoms with Gasteiger partial charge in [0, 0.05) is 17.1 Å². The van der Waals surface area contributed by atoms with Crippen LogP contribution in [-0.4, -0.2) is 23.6 Å². The molecule has 1 saturated heterocycles. The zero-order chi connectivity index (χ0) is 13.0. The maximum absolute atomic E-state index is 12.1. The van der Waals surface area contributed by atoms with Crippen molar-refractivity contribution < 1.29 is 13.2 Å². The SMILES string of the molecule is FC(F)(F)Sc1ccc(NCC2CCSC2)cc1. The quantitative estimate of drug-likeness (QED) is 0.823. The Bertz CT molecular complexity index is 372. The van der Waals surface area contributed by atoms with Crippen LogP contribution < -0.4 is 5.32 Å². The Morgan fingerprint density at radius 1 is 1.28 bits per heavy atom. The summed E-state index contributed by atoms with van der Waals surface area (Å²) in [5, 5.41) is 3.27. The topological polar surface area (TPSA) is 12.0 Å². The summed E-state index contributed by atoms with van der Waals surface area (Å²) in [7, 11) is 0. The smallest absolute Gasteiger partial charge is 0.385 e. The molecule has 6 heteroatoms. The minimum absolute atomic E-state index is 0.0783. The summed E-state index contributed by atoms with van der Waals surface area (Å²) in [6, 6.07) is 6.42. The normalized spacial score (nSPS) is 20.1. The van der Waals surface area contributed by atoms with Gasteiger partial charge >= 0.3 is 5.51 Å². The van der Waals surface area contributed by atoms with Gasteiger partial charge in [0.2, 0.25) is 0 Å². The Balaban J connectivity index is 1.83. The van der Waals surface area contributed by atoms with Gasteiger partial charge < -0.3 is 5.32 Å². The zero-order valence-electron chi connectivity index (χ0n) is 9.67. The van der Waals surface area contributed by atoms with E-state index in [1.165, 1.54) is 30.1 Å². The molecular weight excluding hydrogens is 279 g/mol. The van der Waals surface area contributed by atoms with Gasteiger partial charge in [0.1, 0.15) is 0 Å². The molecule has 1 aromatic rings. The highest BCUT2D eigenvalue weighted by Gasteiger charge is 2.28. The molecule has 1 fully saturated rings. The third kappa shape index (κ3) is 4.65. The molecule has 0 aliphatic carbocycles. The van der Waals surface area contributed by atoms with E-state index >= 15 is 0 Å². The maximum Gasteiger partial charge on any atom is 0.446 e. The summed E-state index contributed by atoms with van der Waals surface area (Å²) in [6.07, 6.45) is 1.22. The largest absolute Gasteiger partial charge is 0.446 e. The molecule has 0 spiro atoms. The second kappa shape index (κ2) is 6.10. The molecule has 2 rings (SSSR count). The standard InChI is InChI=1S/C12H14F3NS2/c13-12(14,15)18-11-3-1-10(2-4-11)16-7-9-5-6-17-8-9/h1-4,9,16H,5-8H2. The van der Waals surface area contributed by atoms with Gasteiger partial charge in [-0.3, -0.25) is 0 Å². The number of thioether (sulfide) groups is 2. The number of hydrogen-bond acceptors (Lipinski definition) is 3. The molecule has 0 amide bonds. The zero-order valence-corrected chi connectivity index (χ0v) is 11.3. The van der Waals surface area contributed by atoms with Crippen molar-refractivity contribution in [2.75, 3.05) is 23.4 Å². The molecular formula is C12H14F3NS2. The molecule has 0 bridgehead atoms. The van der Waals surface area contributed by atoms with Gasteiger partial charge in [-0.05, 0) is 59.9 Å². The molecule has 1 atom stereocenters. The van der Waals surface area contributed by atoms with Crippen LogP contribution in [-0.2, 0) is 0 Å². The van der Waals surface area contributed by atoms with Crippen molar-refractivity contribution in [2.45, 2.75) is 16.8 Å². The number of hydrogen-bond donors (Lipinski definition) is 1. The molecule has 1 N–H and O–H groups in total. The summed E-state index contributed by atoms with van der Waals surface area (Å²) in [5.74, 6) is 3.07. The van der Waals surface area contributed by atoms with Crippen molar-refractivity contribution in [1.29, 1.82) is 0 Å². The molecule has 1 aliphatic heterocycles. The first-order valence-corrected chi connectivity index (χ1v) is 7.67. The Labute approximate surface area is 113 Å². The van der Waals surface area contributed by atoms with Crippen LogP contribution in [0.15, 0.2) is 29.2 Å². The van der Waals surface area contributed by atoms with Crippen molar-refractivity contribution >= 4 is 29.2 Å². The van der Waals surface area contributed by atoms with E-state index in [2.05, 4.69) is 5.32 Å². The number of halogens is 3. The summed E-state index contributed by atoms with van der Waals surface area (Å²) >= 11 is 1.88. The summed E-state index contributed by atoms with van der Waals surface area (Å²) in [6.45, 7) is 0.902. The molecule has 1 nitrogen and oxygen atoms in total. The van der Waals surface area contributed by atoms with Crippen LogP contribution in [0.4, 0.5) is 18.9 Å². The first-order chi connectivity index (χ1) is 8.53. The molecule has 1 unspecified atom stereocenters. The highest BCUT2D eigenvalue weighted by Crippen LogP contribution is 2.37. The minimum atomic E-state index is -4.21. The first kappa shape index (κ1) is 13.9. The van der Waals surface area contributed by atoms with E-state index < -0.39 is 5.51 Å². The van der Waals surface area contributed by atoms with Gasteiger partial charge in [-0.25, -0.2) is 0 Å². The van der Waals surface area contributed by atoms with Crippen molar-refractivity contribution in [3.05, 3.63) is 24.3 Å². The molecule has 0 aromatic heterocycles. The number of anilines is 1. The van der Waals surface area contributed by atoms with Crippen molar-refractivity contribution in [3.8, 4) is 0 Å². The number of benzene rings is 1. The van der Waals surface area contributed by atoms with Gasteiger partial charge in [-0.1, -0.05) is 0 Å². The molecule has 0 saturated carbocycles. The van der Waals surface area contributed by atoms with Crippen LogP contribution in [0.25, 0.3) is 0 Å². The molecule has 1 heterocycles. The minimum Gasteiger partial charge on any atom is -0.385 e. The molecule has 1 aromatic carbocycles. The predicted octanol–water partition coefficient (Wildman–Crippen LogP) is 4.46. The van der Waals surface area contributed by atoms with E-state index in [1.807, 2.05) is 11.8 Å². The van der Waals surface area contributed by atoms with Crippen molar-refractivity contribution in [1.82, 2.24) is 0 Å². The highest BCUT2D eigenvalue weighted by molar-refractivity contribution is 8.00. The Kier molecular flexibility index (Phi) is 4.72. The summed E-state index contributed by atoms with van der Waals surface area (Å²) in [4.78, 5) is 0.226. The van der Waals surface area contributed by atoms with Gasteiger partial charge in [0.15, 0.2) is 0 Å². The fourth-order valence-electron chi connectivity index (χ4n) is 1.78. The van der Waals surface area contributed by atoms with E-state index in [0.29, 0.717) is 5.92 Å². The lowest BCUT2D eigenvalue weighted by molar-refractivity contribution is -0.0328. The van der Waals surface area contributed by atoms with Crippen LogP contribution in [0, 0.1) is 5.92 Å². The fourth-order valence-corrected chi connectivity index (χ4v) is 3.60. The Morgan fingerprint density at radius 2 is 2.00 bits per heavy atom. The Morgan fingerprint density at radius 3 is 2.56 bits per heavy atom. The number of rotatable bonds is 4. The van der Waals surface area contributed by atoms with Crippen LogP contribution in [0.3, 0.4) is 0 Å². The average Bonchev–Trinajstić information content (AvgIpc) is 2.79. The fraction of sp³-hybridized carbons (Fsp3) is 0.500. The van der Waals surface area contributed by atoms with Crippen LogP contribution in [0.1, 0.15) is 6.42 Å². The van der Waals surface area contributed by atoms with E-state index in [-0.39, 0.29) is 16.7 Å². The Hall–Kier alpha value is -0.490. The lowest BCUT2D eigenvalue weighted by Gasteiger charge is -2.12. The van der Waals surface area contributed by atoms with Crippen LogP contribution >= 0.6 is 23.5 Å². The van der Waals surface area contributed by atoms with E-state index in [4.69, 9.17) is 0 Å². The second-order valence-corrected chi connectivity index (χ2v) is 6.47. The highest BCUT2D eigenvalue weighted by atomic mass is 32.2. The first-order valence-electron chi connectivity index (χ1n) is 5.70. The third-order valence-corrected chi connectivity index (χ3v) is 4.68. The second-order valence-electron chi connectivity index (χ2n) is 4.18. The molecule has 18 heavy (non-hydrogen) atoms. The van der Waals surface area contributed by atoms with Gasteiger partial charge in [0.25, 0.3) is 0 Å². The lowest BCUT2D eigenvalue weighted by atomic mass is 10.1. The third-order valence-electron chi connectivity index (χ3n) is 2.71. The van der Waals surface area contributed by atoms with Crippen LogP contribution in [0.5, 0.6) is 0 Å². The van der Waals surface area contributed by atoms with Gasteiger partial charge in [-0.15, -0.1) is 0 Å². The van der Waals surface area contributed by atoms with Gasteiger partial charge in [0.05, 0.1) is 0 Å². The van der Waals surface area contributed by atoms with E-state index in [9.17, 15) is 13.2 Å². The molecule has 1 aliphatic rings. The van der Waals surface area contributed by atoms with Crippen molar-refractivity contribution in [2.24, 2.45) is 5.92 Å². The van der Waals surface area contributed by atoms with Gasteiger partial charge in [-0.2, -0.15) is 24.9 Å². The van der Waals surface area contributed by atoms with Crippen LogP contribution in [0.2, 0.25) is 0 Å². The maximum atomic E-state index is 12.1. The molecule has 0 radical (unpaired) electrons. The van der Waals surface area contributed by atoms with E-state index in [0.717, 1.165) is 12.2 Å².